The van der Waals surface area contributed by atoms with Crippen molar-refractivity contribution in [2.45, 2.75) is 50.6 Å². The number of hydrogen-bond acceptors (Lipinski definition) is 4. The van der Waals surface area contributed by atoms with Crippen LogP contribution in [0.1, 0.15) is 37.8 Å². The Balaban J connectivity index is 1.50. The molecule has 3 aliphatic rings. The Labute approximate surface area is 131 Å². The average molecular weight is 303 g/mol. The number of hydrogen-bond donors (Lipinski definition) is 0. The van der Waals surface area contributed by atoms with Crippen LogP contribution < -0.4 is 0 Å². The summed E-state index contributed by atoms with van der Waals surface area (Å²) in [7, 11) is 2.18. The molecule has 0 aromatic carbocycles. The second-order valence-corrected chi connectivity index (χ2v) is 7.26. The van der Waals surface area contributed by atoms with Crippen LogP contribution >= 0.6 is 0 Å². The van der Waals surface area contributed by atoms with Gasteiger partial charge in [0.25, 0.3) is 0 Å². The van der Waals surface area contributed by atoms with Crippen molar-refractivity contribution in [1.29, 1.82) is 0 Å². The number of carbonyl (C=O) groups excluding carboxylic acids is 1. The van der Waals surface area contributed by atoms with E-state index in [0.29, 0.717) is 5.91 Å². The Hall–Kier alpha value is -1.43. The van der Waals surface area contributed by atoms with Gasteiger partial charge in [0.2, 0.25) is 5.91 Å². The van der Waals surface area contributed by atoms with E-state index in [2.05, 4.69) is 27.2 Å². The van der Waals surface area contributed by atoms with E-state index in [0.717, 1.165) is 57.6 Å². The molecular weight excluding hydrogens is 278 g/mol. The summed E-state index contributed by atoms with van der Waals surface area (Å²) in [5.41, 5.74) is 1.26. The minimum absolute atomic E-state index is 0.126. The zero-order chi connectivity index (χ0) is 15.2. The number of aryl methyl sites for hydroxylation is 1. The van der Waals surface area contributed by atoms with Gasteiger partial charge in [0.15, 0.2) is 0 Å². The molecule has 0 N–H and O–H groups in total. The fourth-order valence-electron chi connectivity index (χ4n) is 4.53. The Bertz CT molecular complexity index is 561. The van der Waals surface area contributed by atoms with Crippen LogP contribution in [0.4, 0.5) is 0 Å². The van der Waals surface area contributed by atoms with Gasteiger partial charge < -0.3 is 9.80 Å². The molecular formula is C16H25N5O. The maximum Gasteiger partial charge on any atom is 0.226 e. The molecule has 120 valence electrons. The molecule has 4 heterocycles. The van der Waals surface area contributed by atoms with Gasteiger partial charge in [-0.05, 0) is 39.2 Å². The normalized spacial score (nSPS) is 28.0. The first kappa shape index (κ1) is 14.2. The summed E-state index contributed by atoms with van der Waals surface area (Å²) in [6.45, 7) is 4.02. The van der Waals surface area contributed by atoms with Crippen molar-refractivity contribution in [3.05, 3.63) is 11.9 Å². The van der Waals surface area contributed by atoms with Gasteiger partial charge in [0.1, 0.15) is 0 Å². The van der Waals surface area contributed by atoms with E-state index in [-0.39, 0.29) is 11.5 Å². The third-order valence-electron chi connectivity index (χ3n) is 5.97. The molecule has 0 radical (unpaired) electrons. The molecule has 1 unspecified atom stereocenters. The number of nitrogens with zero attached hydrogens (tertiary/aromatic N) is 5. The molecule has 22 heavy (non-hydrogen) atoms. The van der Waals surface area contributed by atoms with Gasteiger partial charge in [-0.15, -0.1) is 5.10 Å². The lowest BCUT2D eigenvalue weighted by Gasteiger charge is -2.45. The van der Waals surface area contributed by atoms with Gasteiger partial charge in [-0.25, -0.2) is 4.68 Å². The molecule has 1 aromatic rings. The van der Waals surface area contributed by atoms with Crippen molar-refractivity contribution in [2.75, 3.05) is 26.7 Å². The molecule has 1 amide bonds. The van der Waals surface area contributed by atoms with Crippen LogP contribution in [0.2, 0.25) is 0 Å². The maximum atomic E-state index is 13.1. The van der Waals surface area contributed by atoms with Gasteiger partial charge in [0, 0.05) is 44.1 Å². The third-order valence-corrected chi connectivity index (χ3v) is 5.97. The number of aromatic nitrogens is 3. The van der Waals surface area contributed by atoms with E-state index >= 15 is 0 Å². The Morgan fingerprint density at radius 3 is 2.86 bits per heavy atom. The Kier molecular flexibility index (Phi) is 3.44. The SMILES string of the molecule is CN1CCC2(CCCN2C(=O)C2CCn3nncc3C2)CC1. The zero-order valence-electron chi connectivity index (χ0n) is 13.4. The summed E-state index contributed by atoms with van der Waals surface area (Å²) < 4.78 is 1.94. The largest absolute Gasteiger partial charge is 0.337 e. The monoisotopic (exact) mass is 303 g/mol. The smallest absolute Gasteiger partial charge is 0.226 e. The summed E-state index contributed by atoms with van der Waals surface area (Å²) in [4.78, 5) is 17.8. The van der Waals surface area contributed by atoms with Crippen LogP contribution in [0.3, 0.4) is 0 Å². The molecule has 6 heteroatoms. The first-order valence-corrected chi connectivity index (χ1v) is 8.55. The highest BCUT2D eigenvalue weighted by atomic mass is 16.2. The van der Waals surface area contributed by atoms with E-state index in [9.17, 15) is 4.79 Å². The van der Waals surface area contributed by atoms with Crippen molar-refractivity contribution in [3.63, 3.8) is 0 Å². The highest BCUT2D eigenvalue weighted by Gasteiger charge is 2.46. The number of amides is 1. The summed E-state index contributed by atoms with van der Waals surface area (Å²) in [5, 5.41) is 8.05. The number of piperidine rings is 1. The first-order valence-electron chi connectivity index (χ1n) is 8.55. The summed E-state index contributed by atoms with van der Waals surface area (Å²) in [5.74, 6) is 0.509. The molecule has 2 saturated heterocycles. The van der Waals surface area contributed by atoms with Crippen molar-refractivity contribution in [2.24, 2.45) is 5.92 Å². The predicted molar refractivity (Wildman–Crippen MR) is 82.2 cm³/mol. The minimum Gasteiger partial charge on any atom is -0.337 e. The minimum atomic E-state index is 0.126. The molecule has 1 atom stereocenters. The van der Waals surface area contributed by atoms with E-state index in [1.54, 1.807) is 0 Å². The number of carbonyl (C=O) groups is 1. The van der Waals surface area contributed by atoms with E-state index in [4.69, 9.17) is 0 Å². The quantitative estimate of drug-likeness (QED) is 0.774. The van der Waals surface area contributed by atoms with E-state index < -0.39 is 0 Å². The molecule has 0 saturated carbocycles. The molecule has 0 bridgehead atoms. The maximum absolute atomic E-state index is 13.1. The third kappa shape index (κ3) is 2.24. The topological polar surface area (TPSA) is 54.3 Å². The summed E-state index contributed by atoms with van der Waals surface area (Å²) in [6, 6.07) is 0. The van der Waals surface area contributed by atoms with Crippen LogP contribution in [0.5, 0.6) is 0 Å². The average Bonchev–Trinajstić information content (AvgIpc) is 3.16. The van der Waals surface area contributed by atoms with Crippen molar-refractivity contribution < 1.29 is 4.79 Å². The highest BCUT2D eigenvalue weighted by molar-refractivity contribution is 5.80. The van der Waals surface area contributed by atoms with Gasteiger partial charge >= 0.3 is 0 Å². The van der Waals surface area contributed by atoms with Crippen molar-refractivity contribution >= 4 is 5.91 Å². The molecule has 2 fully saturated rings. The van der Waals surface area contributed by atoms with E-state index in [1.165, 1.54) is 12.8 Å². The molecule has 3 aliphatic heterocycles. The lowest BCUT2D eigenvalue weighted by atomic mass is 9.83. The van der Waals surface area contributed by atoms with Crippen LogP contribution in [0, 0.1) is 5.92 Å². The molecule has 0 aliphatic carbocycles. The van der Waals surface area contributed by atoms with Crippen LogP contribution in [0.15, 0.2) is 6.20 Å². The van der Waals surface area contributed by atoms with Crippen LogP contribution in [-0.2, 0) is 17.8 Å². The fraction of sp³-hybridized carbons (Fsp3) is 0.812. The highest BCUT2D eigenvalue weighted by Crippen LogP contribution is 2.39. The van der Waals surface area contributed by atoms with Crippen molar-refractivity contribution in [1.82, 2.24) is 24.8 Å². The summed E-state index contributed by atoms with van der Waals surface area (Å²) >= 11 is 0. The summed E-state index contributed by atoms with van der Waals surface area (Å²) in [6.07, 6.45) is 8.16. The molecule has 4 rings (SSSR count). The second-order valence-electron chi connectivity index (χ2n) is 7.26. The molecule has 1 aromatic heterocycles. The standard InChI is InChI=1S/C16H25N5O/c1-19-9-5-16(6-10-19)4-2-7-20(16)15(22)13-3-8-21-14(11-13)12-17-18-21/h12-13H,2-11H2,1H3. The van der Waals surface area contributed by atoms with Gasteiger partial charge in [0.05, 0.1) is 11.9 Å². The number of likely N-dealkylation sites (tertiary alicyclic amines) is 2. The van der Waals surface area contributed by atoms with Gasteiger partial charge in [-0.1, -0.05) is 5.21 Å². The predicted octanol–water partition coefficient (Wildman–Crippen LogP) is 0.927. The van der Waals surface area contributed by atoms with Crippen LogP contribution in [-0.4, -0.2) is 62.9 Å². The molecule has 1 spiro atoms. The van der Waals surface area contributed by atoms with E-state index in [1.807, 2.05) is 10.9 Å². The lowest BCUT2D eigenvalue weighted by molar-refractivity contribution is -0.142. The van der Waals surface area contributed by atoms with Gasteiger partial charge in [-0.2, -0.15) is 0 Å². The fourth-order valence-corrected chi connectivity index (χ4v) is 4.53. The first-order chi connectivity index (χ1) is 10.7. The Morgan fingerprint density at radius 2 is 2.05 bits per heavy atom. The zero-order valence-corrected chi connectivity index (χ0v) is 13.4. The number of rotatable bonds is 1. The lowest BCUT2D eigenvalue weighted by Crippen LogP contribution is -2.55. The van der Waals surface area contributed by atoms with Crippen LogP contribution in [0.25, 0.3) is 0 Å². The van der Waals surface area contributed by atoms with Crippen molar-refractivity contribution in [3.8, 4) is 0 Å². The second kappa shape index (κ2) is 5.33. The Morgan fingerprint density at radius 1 is 1.23 bits per heavy atom. The van der Waals surface area contributed by atoms with Gasteiger partial charge in [-0.3, -0.25) is 4.79 Å². The molecule has 6 nitrogen and oxygen atoms in total. The number of fused-ring (bicyclic) bond motifs is 1.